The SMILES string of the molecule is Cc1cc(NC(=O)CN(C)C)ccc1Br. The summed E-state index contributed by atoms with van der Waals surface area (Å²) in [6.07, 6.45) is 0. The number of benzene rings is 1. The molecule has 0 spiro atoms. The van der Waals surface area contributed by atoms with E-state index in [0.717, 1.165) is 15.7 Å². The number of rotatable bonds is 3. The summed E-state index contributed by atoms with van der Waals surface area (Å²) in [5, 5.41) is 2.84. The molecule has 0 saturated heterocycles. The Balaban J connectivity index is 2.65. The number of carbonyl (C=O) groups excluding carboxylic acids is 1. The van der Waals surface area contributed by atoms with Gasteiger partial charge in [0.05, 0.1) is 6.54 Å². The van der Waals surface area contributed by atoms with Crippen molar-refractivity contribution in [2.75, 3.05) is 26.0 Å². The van der Waals surface area contributed by atoms with Gasteiger partial charge in [-0.05, 0) is 44.8 Å². The largest absolute Gasteiger partial charge is 0.325 e. The van der Waals surface area contributed by atoms with Crippen molar-refractivity contribution in [1.29, 1.82) is 0 Å². The molecular formula is C11H15BrN2O. The average molecular weight is 271 g/mol. The zero-order valence-electron chi connectivity index (χ0n) is 9.17. The van der Waals surface area contributed by atoms with Crippen molar-refractivity contribution in [3.8, 4) is 0 Å². The highest BCUT2D eigenvalue weighted by Gasteiger charge is 2.04. The van der Waals surface area contributed by atoms with E-state index in [-0.39, 0.29) is 5.91 Å². The summed E-state index contributed by atoms with van der Waals surface area (Å²) in [5.74, 6) is 0.00159. The Bertz CT molecular complexity index is 364. The first-order valence-corrected chi connectivity index (χ1v) is 5.49. The Labute approximate surface area is 98.6 Å². The van der Waals surface area contributed by atoms with E-state index in [4.69, 9.17) is 0 Å². The topological polar surface area (TPSA) is 32.3 Å². The highest BCUT2D eigenvalue weighted by Crippen LogP contribution is 2.19. The zero-order chi connectivity index (χ0) is 11.4. The van der Waals surface area contributed by atoms with Crippen LogP contribution in [0.1, 0.15) is 5.56 Å². The number of nitrogens with one attached hydrogen (secondary N) is 1. The number of likely N-dealkylation sites (N-methyl/N-ethyl adjacent to an activating group) is 1. The fraction of sp³-hybridized carbons (Fsp3) is 0.364. The van der Waals surface area contributed by atoms with Crippen molar-refractivity contribution in [3.05, 3.63) is 28.2 Å². The summed E-state index contributed by atoms with van der Waals surface area (Å²) in [4.78, 5) is 13.3. The molecule has 0 aromatic heterocycles. The fourth-order valence-corrected chi connectivity index (χ4v) is 1.46. The molecule has 0 aliphatic rings. The van der Waals surface area contributed by atoms with Crippen LogP contribution in [0.25, 0.3) is 0 Å². The van der Waals surface area contributed by atoms with Crippen LogP contribution in [-0.4, -0.2) is 31.4 Å². The van der Waals surface area contributed by atoms with Crippen LogP contribution < -0.4 is 5.32 Å². The van der Waals surface area contributed by atoms with Crippen LogP contribution in [0.2, 0.25) is 0 Å². The third-order valence-electron chi connectivity index (χ3n) is 1.90. The predicted octanol–water partition coefficient (Wildman–Crippen LogP) is 2.26. The van der Waals surface area contributed by atoms with E-state index in [9.17, 15) is 4.79 Å². The van der Waals surface area contributed by atoms with Gasteiger partial charge >= 0.3 is 0 Å². The second kappa shape index (κ2) is 5.28. The molecule has 0 aliphatic heterocycles. The van der Waals surface area contributed by atoms with Crippen LogP contribution in [0.3, 0.4) is 0 Å². The minimum absolute atomic E-state index is 0.00159. The maximum absolute atomic E-state index is 11.5. The summed E-state index contributed by atoms with van der Waals surface area (Å²) in [7, 11) is 3.73. The van der Waals surface area contributed by atoms with Gasteiger partial charge in [0, 0.05) is 10.2 Å². The van der Waals surface area contributed by atoms with E-state index in [1.165, 1.54) is 0 Å². The first-order chi connectivity index (χ1) is 6.99. The third kappa shape index (κ3) is 4.01. The van der Waals surface area contributed by atoms with Gasteiger partial charge in [0.15, 0.2) is 0 Å². The van der Waals surface area contributed by atoms with Crippen LogP contribution in [0, 0.1) is 6.92 Å². The van der Waals surface area contributed by atoms with Crippen LogP contribution in [-0.2, 0) is 4.79 Å². The molecule has 0 aliphatic carbocycles. The summed E-state index contributed by atoms with van der Waals surface area (Å²) in [5.41, 5.74) is 1.94. The molecule has 1 rings (SSSR count). The molecule has 1 aromatic carbocycles. The number of anilines is 1. The summed E-state index contributed by atoms with van der Waals surface area (Å²) in [6.45, 7) is 2.39. The van der Waals surface area contributed by atoms with Gasteiger partial charge in [-0.1, -0.05) is 15.9 Å². The standard InChI is InChI=1S/C11H15BrN2O/c1-8-6-9(4-5-10(8)12)13-11(15)7-14(2)3/h4-6H,7H2,1-3H3,(H,13,15). The summed E-state index contributed by atoms with van der Waals surface area (Å²) >= 11 is 3.41. The molecule has 15 heavy (non-hydrogen) atoms. The lowest BCUT2D eigenvalue weighted by molar-refractivity contribution is -0.116. The fourth-order valence-electron chi connectivity index (χ4n) is 1.21. The summed E-state index contributed by atoms with van der Waals surface area (Å²) in [6, 6.07) is 5.75. The van der Waals surface area contributed by atoms with Crippen molar-refractivity contribution >= 4 is 27.5 Å². The normalized spacial score (nSPS) is 10.5. The van der Waals surface area contributed by atoms with Gasteiger partial charge in [-0.25, -0.2) is 0 Å². The van der Waals surface area contributed by atoms with Crippen molar-refractivity contribution in [3.63, 3.8) is 0 Å². The van der Waals surface area contributed by atoms with Gasteiger partial charge in [0.25, 0.3) is 0 Å². The van der Waals surface area contributed by atoms with E-state index in [1.54, 1.807) is 0 Å². The van der Waals surface area contributed by atoms with Crippen LogP contribution in [0.5, 0.6) is 0 Å². The van der Waals surface area contributed by atoms with Crippen LogP contribution in [0.4, 0.5) is 5.69 Å². The third-order valence-corrected chi connectivity index (χ3v) is 2.79. The Hall–Kier alpha value is -0.870. The number of hydrogen-bond donors (Lipinski definition) is 1. The molecule has 0 atom stereocenters. The Morgan fingerprint density at radius 3 is 2.67 bits per heavy atom. The predicted molar refractivity (Wildman–Crippen MR) is 66.1 cm³/mol. The van der Waals surface area contributed by atoms with Gasteiger partial charge < -0.3 is 10.2 Å². The molecule has 0 heterocycles. The van der Waals surface area contributed by atoms with E-state index in [2.05, 4.69) is 21.2 Å². The lowest BCUT2D eigenvalue weighted by Crippen LogP contribution is -2.27. The Morgan fingerprint density at radius 2 is 2.13 bits per heavy atom. The number of hydrogen-bond acceptors (Lipinski definition) is 2. The molecule has 82 valence electrons. The highest BCUT2D eigenvalue weighted by atomic mass is 79.9. The van der Waals surface area contributed by atoms with Gasteiger partial charge in [0.2, 0.25) is 5.91 Å². The molecular weight excluding hydrogens is 256 g/mol. The van der Waals surface area contributed by atoms with Crippen molar-refractivity contribution in [1.82, 2.24) is 4.90 Å². The minimum Gasteiger partial charge on any atom is -0.325 e. The van der Waals surface area contributed by atoms with Gasteiger partial charge in [-0.3, -0.25) is 4.79 Å². The number of amides is 1. The quantitative estimate of drug-likeness (QED) is 0.914. The number of nitrogens with zero attached hydrogens (tertiary/aromatic N) is 1. The number of halogens is 1. The highest BCUT2D eigenvalue weighted by molar-refractivity contribution is 9.10. The van der Waals surface area contributed by atoms with E-state index < -0.39 is 0 Å². The molecule has 4 heteroatoms. The van der Waals surface area contributed by atoms with Crippen LogP contribution >= 0.6 is 15.9 Å². The number of aryl methyl sites for hydroxylation is 1. The van der Waals surface area contributed by atoms with Crippen LogP contribution in [0.15, 0.2) is 22.7 Å². The minimum atomic E-state index is 0.00159. The molecule has 1 amide bonds. The number of carbonyl (C=O) groups is 1. The molecule has 3 nitrogen and oxygen atoms in total. The second-order valence-electron chi connectivity index (χ2n) is 3.75. The maximum Gasteiger partial charge on any atom is 0.238 e. The van der Waals surface area contributed by atoms with Crippen molar-refractivity contribution < 1.29 is 4.79 Å². The van der Waals surface area contributed by atoms with Gasteiger partial charge in [-0.15, -0.1) is 0 Å². The molecule has 0 bridgehead atoms. The Morgan fingerprint density at radius 1 is 1.47 bits per heavy atom. The van der Waals surface area contributed by atoms with Crippen molar-refractivity contribution in [2.24, 2.45) is 0 Å². The van der Waals surface area contributed by atoms with E-state index in [1.807, 2.05) is 44.1 Å². The second-order valence-corrected chi connectivity index (χ2v) is 4.60. The Kier molecular flexibility index (Phi) is 4.29. The molecule has 1 N–H and O–H groups in total. The molecule has 0 unspecified atom stereocenters. The average Bonchev–Trinajstić information content (AvgIpc) is 2.10. The molecule has 0 radical (unpaired) electrons. The first-order valence-electron chi connectivity index (χ1n) is 4.70. The first kappa shape index (κ1) is 12.2. The lowest BCUT2D eigenvalue weighted by Gasteiger charge is -2.10. The smallest absolute Gasteiger partial charge is 0.238 e. The van der Waals surface area contributed by atoms with Gasteiger partial charge in [0.1, 0.15) is 0 Å². The monoisotopic (exact) mass is 270 g/mol. The van der Waals surface area contributed by atoms with Gasteiger partial charge in [-0.2, -0.15) is 0 Å². The lowest BCUT2D eigenvalue weighted by atomic mass is 10.2. The molecule has 0 fully saturated rings. The molecule has 1 aromatic rings. The molecule has 0 saturated carbocycles. The summed E-state index contributed by atoms with van der Waals surface area (Å²) < 4.78 is 1.05. The van der Waals surface area contributed by atoms with E-state index in [0.29, 0.717) is 6.54 Å². The zero-order valence-corrected chi connectivity index (χ0v) is 10.8. The van der Waals surface area contributed by atoms with E-state index >= 15 is 0 Å². The van der Waals surface area contributed by atoms with Crippen molar-refractivity contribution in [2.45, 2.75) is 6.92 Å². The maximum atomic E-state index is 11.5.